The number of hydrogen-bond acceptors (Lipinski definition) is 7. The molecular formula is C21H23N5O2. The number of rotatable bonds is 6. The van der Waals surface area contributed by atoms with Gasteiger partial charge in [-0.25, -0.2) is 14.8 Å². The Morgan fingerprint density at radius 1 is 1.04 bits per heavy atom. The number of nitrogens with two attached hydrogens (primary N) is 1. The molecule has 0 saturated carbocycles. The number of aromatic nitrogens is 2. The van der Waals surface area contributed by atoms with Gasteiger partial charge in [0.2, 0.25) is 0 Å². The van der Waals surface area contributed by atoms with Crippen molar-refractivity contribution in [2.45, 2.75) is 20.8 Å². The van der Waals surface area contributed by atoms with Crippen LogP contribution in [0.5, 0.6) is 0 Å². The molecule has 28 heavy (non-hydrogen) atoms. The first-order valence-corrected chi connectivity index (χ1v) is 8.97. The molecular weight excluding hydrogens is 354 g/mol. The second kappa shape index (κ2) is 8.39. The summed E-state index contributed by atoms with van der Waals surface area (Å²) in [6.45, 7) is 6.16. The third-order valence-electron chi connectivity index (χ3n) is 4.33. The number of para-hydroxylation sites is 1. The zero-order chi connectivity index (χ0) is 20.1. The normalized spacial score (nSPS) is 10.4. The fourth-order valence-electron chi connectivity index (χ4n) is 2.66. The highest BCUT2D eigenvalue weighted by atomic mass is 16.5. The molecule has 0 unspecified atom stereocenters. The molecule has 0 spiro atoms. The molecule has 0 amide bonds. The van der Waals surface area contributed by atoms with E-state index in [0.29, 0.717) is 35.2 Å². The van der Waals surface area contributed by atoms with Crippen molar-refractivity contribution in [2.24, 2.45) is 0 Å². The van der Waals surface area contributed by atoms with Crippen LogP contribution < -0.4 is 16.4 Å². The lowest BCUT2D eigenvalue weighted by molar-refractivity contribution is 0.0527. The van der Waals surface area contributed by atoms with Crippen molar-refractivity contribution < 1.29 is 9.53 Å². The third-order valence-corrected chi connectivity index (χ3v) is 4.33. The number of esters is 1. The standard InChI is InChI=1S/C21H23N5O2/c1-4-28-21(27)16-7-5-6-8-17(16)26-20-18(22)19(23-12-24-20)25-15-10-9-13(2)14(3)11-15/h5-12H,4,22H2,1-3H3,(H2,23,24,25,26). The van der Waals surface area contributed by atoms with Crippen LogP contribution in [-0.2, 0) is 4.74 Å². The van der Waals surface area contributed by atoms with Crippen molar-refractivity contribution >= 4 is 34.7 Å². The molecule has 144 valence electrons. The van der Waals surface area contributed by atoms with E-state index in [4.69, 9.17) is 10.5 Å². The van der Waals surface area contributed by atoms with E-state index in [1.807, 2.05) is 31.2 Å². The Kier molecular flexibility index (Phi) is 5.74. The molecule has 0 fully saturated rings. The van der Waals surface area contributed by atoms with Crippen LogP contribution in [-0.4, -0.2) is 22.5 Å². The molecule has 0 aliphatic carbocycles. The molecule has 0 aliphatic rings. The zero-order valence-corrected chi connectivity index (χ0v) is 16.1. The lowest BCUT2D eigenvalue weighted by atomic mass is 10.1. The van der Waals surface area contributed by atoms with Crippen molar-refractivity contribution in [3.8, 4) is 0 Å². The van der Waals surface area contributed by atoms with Crippen LogP contribution in [0.2, 0.25) is 0 Å². The van der Waals surface area contributed by atoms with Crippen LogP contribution >= 0.6 is 0 Å². The summed E-state index contributed by atoms with van der Waals surface area (Å²) in [7, 11) is 0. The topological polar surface area (TPSA) is 102 Å². The van der Waals surface area contributed by atoms with Crippen molar-refractivity contribution in [3.63, 3.8) is 0 Å². The molecule has 0 atom stereocenters. The minimum Gasteiger partial charge on any atom is -0.462 e. The Balaban J connectivity index is 1.88. The van der Waals surface area contributed by atoms with Gasteiger partial charge in [0.1, 0.15) is 12.0 Å². The van der Waals surface area contributed by atoms with E-state index in [-0.39, 0.29) is 0 Å². The number of hydrogen-bond donors (Lipinski definition) is 3. The summed E-state index contributed by atoms with van der Waals surface area (Å²) in [5.74, 6) is 0.471. The molecule has 4 N–H and O–H groups in total. The Morgan fingerprint density at radius 3 is 2.46 bits per heavy atom. The minimum atomic E-state index is -0.410. The lowest BCUT2D eigenvalue weighted by Crippen LogP contribution is -2.10. The number of carbonyl (C=O) groups excluding carboxylic acids is 1. The fourth-order valence-corrected chi connectivity index (χ4v) is 2.66. The van der Waals surface area contributed by atoms with Gasteiger partial charge in [-0.1, -0.05) is 18.2 Å². The summed E-state index contributed by atoms with van der Waals surface area (Å²) in [5.41, 5.74) is 10.8. The van der Waals surface area contributed by atoms with E-state index in [1.54, 1.807) is 25.1 Å². The number of aryl methyl sites for hydroxylation is 2. The van der Waals surface area contributed by atoms with Gasteiger partial charge in [0.25, 0.3) is 0 Å². The molecule has 0 aliphatic heterocycles. The highest BCUT2D eigenvalue weighted by Crippen LogP contribution is 2.30. The Hall–Kier alpha value is -3.61. The maximum absolute atomic E-state index is 12.2. The molecule has 3 aromatic rings. The van der Waals surface area contributed by atoms with Gasteiger partial charge in [-0.15, -0.1) is 0 Å². The maximum atomic E-state index is 12.2. The number of nitrogen functional groups attached to an aromatic ring is 1. The predicted molar refractivity (Wildman–Crippen MR) is 111 cm³/mol. The molecule has 0 saturated heterocycles. The molecule has 7 nitrogen and oxygen atoms in total. The first kappa shape index (κ1) is 19.2. The van der Waals surface area contributed by atoms with Gasteiger partial charge in [0.15, 0.2) is 11.6 Å². The molecule has 0 radical (unpaired) electrons. The van der Waals surface area contributed by atoms with Crippen LogP contribution in [0, 0.1) is 13.8 Å². The summed E-state index contributed by atoms with van der Waals surface area (Å²) < 4.78 is 5.10. The van der Waals surface area contributed by atoms with Gasteiger partial charge >= 0.3 is 5.97 Å². The van der Waals surface area contributed by atoms with E-state index >= 15 is 0 Å². The van der Waals surface area contributed by atoms with E-state index in [0.717, 1.165) is 5.69 Å². The average Bonchev–Trinajstić information content (AvgIpc) is 2.68. The number of ether oxygens (including phenoxy) is 1. The minimum absolute atomic E-state index is 0.298. The van der Waals surface area contributed by atoms with Crippen LogP contribution in [0.15, 0.2) is 48.8 Å². The summed E-state index contributed by atoms with van der Waals surface area (Å²) >= 11 is 0. The van der Waals surface area contributed by atoms with Gasteiger partial charge in [0.05, 0.1) is 17.9 Å². The van der Waals surface area contributed by atoms with Crippen LogP contribution in [0.3, 0.4) is 0 Å². The Labute approximate surface area is 164 Å². The second-order valence-corrected chi connectivity index (χ2v) is 6.30. The van der Waals surface area contributed by atoms with Gasteiger partial charge in [-0.3, -0.25) is 0 Å². The van der Waals surface area contributed by atoms with Gasteiger partial charge in [-0.05, 0) is 56.2 Å². The first-order valence-electron chi connectivity index (χ1n) is 8.97. The molecule has 3 rings (SSSR count). The third kappa shape index (κ3) is 4.20. The van der Waals surface area contributed by atoms with Crippen LogP contribution in [0.25, 0.3) is 0 Å². The highest BCUT2D eigenvalue weighted by molar-refractivity contribution is 5.97. The zero-order valence-electron chi connectivity index (χ0n) is 16.1. The fraction of sp³-hybridized carbons (Fsp3) is 0.190. The Morgan fingerprint density at radius 2 is 1.75 bits per heavy atom. The van der Waals surface area contributed by atoms with Crippen molar-refractivity contribution in [1.82, 2.24) is 9.97 Å². The summed E-state index contributed by atoms with van der Waals surface area (Å²) in [4.78, 5) is 20.6. The lowest BCUT2D eigenvalue weighted by Gasteiger charge is -2.15. The van der Waals surface area contributed by atoms with Gasteiger partial charge in [-0.2, -0.15) is 0 Å². The smallest absolute Gasteiger partial charge is 0.340 e. The van der Waals surface area contributed by atoms with E-state index in [1.165, 1.54) is 17.5 Å². The van der Waals surface area contributed by atoms with E-state index in [2.05, 4.69) is 27.5 Å². The largest absolute Gasteiger partial charge is 0.462 e. The molecule has 1 heterocycles. The quantitative estimate of drug-likeness (QED) is 0.549. The van der Waals surface area contributed by atoms with Crippen molar-refractivity contribution in [3.05, 3.63) is 65.5 Å². The predicted octanol–water partition coefficient (Wildman–Crippen LogP) is 4.34. The monoisotopic (exact) mass is 377 g/mol. The molecule has 7 heteroatoms. The Bertz CT molecular complexity index is 1000. The highest BCUT2D eigenvalue weighted by Gasteiger charge is 2.15. The maximum Gasteiger partial charge on any atom is 0.340 e. The van der Waals surface area contributed by atoms with E-state index in [9.17, 15) is 4.79 Å². The molecule has 2 aromatic carbocycles. The SMILES string of the molecule is CCOC(=O)c1ccccc1Nc1ncnc(Nc2ccc(C)c(C)c2)c1N. The number of nitrogens with zero attached hydrogens (tertiary/aromatic N) is 2. The van der Waals surface area contributed by atoms with Crippen LogP contribution in [0.1, 0.15) is 28.4 Å². The van der Waals surface area contributed by atoms with Crippen molar-refractivity contribution in [2.75, 3.05) is 23.0 Å². The van der Waals surface area contributed by atoms with Crippen LogP contribution in [0.4, 0.5) is 28.7 Å². The molecule has 0 bridgehead atoms. The van der Waals surface area contributed by atoms with E-state index < -0.39 is 5.97 Å². The number of carbonyl (C=O) groups is 1. The molecule has 1 aromatic heterocycles. The number of benzene rings is 2. The van der Waals surface area contributed by atoms with Crippen molar-refractivity contribution in [1.29, 1.82) is 0 Å². The summed E-state index contributed by atoms with van der Waals surface area (Å²) in [5, 5.41) is 6.33. The average molecular weight is 377 g/mol. The van der Waals surface area contributed by atoms with Gasteiger partial charge < -0.3 is 21.1 Å². The summed E-state index contributed by atoms with van der Waals surface area (Å²) in [6.07, 6.45) is 1.41. The number of nitrogens with one attached hydrogen (secondary N) is 2. The first-order chi connectivity index (χ1) is 13.5. The number of anilines is 5. The summed E-state index contributed by atoms with van der Waals surface area (Å²) in [6, 6.07) is 13.1. The second-order valence-electron chi connectivity index (χ2n) is 6.30. The van der Waals surface area contributed by atoms with Gasteiger partial charge in [0, 0.05) is 5.69 Å².